The van der Waals surface area contributed by atoms with E-state index in [9.17, 15) is 4.79 Å². The molecule has 0 aliphatic heterocycles. The van der Waals surface area contributed by atoms with Crippen LogP contribution < -0.4 is 4.74 Å². The van der Waals surface area contributed by atoms with Crippen LogP contribution in [0, 0.1) is 0 Å². The molecule has 1 aromatic carbocycles. The summed E-state index contributed by atoms with van der Waals surface area (Å²) >= 11 is 0. The number of hydrogen-bond donors (Lipinski definition) is 0. The quantitative estimate of drug-likeness (QED) is 0.399. The van der Waals surface area contributed by atoms with E-state index in [0.717, 1.165) is 5.56 Å². The topological polar surface area (TPSA) is 54.0 Å². The summed E-state index contributed by atoms with van der Waals surface area (Å²) in [6, 6.07) is 7.22. The van der Waals surface area contributed by atoms with Crippen LogP contribution in [-0.4, -0.2) is 40.2 Å². The van der Waals surface area contributed by atoms with Crippen molar-refractivity contribution in [3.63, 3.8) is 0 Å². The van der Waals surface area contributed by atoms with Crippen LogP contribution in [0.4, 0.5) is 0 Å². The molecule has 0 aromatic heterocycles. The van der Waals surface area contributed by atoms with Crippen LogP contribution in [0.3, 0.4) is 0 Å². The van der Waals surface area contributed by atoms with Gasteiger partial charge in [-0.05, 0) is 17.7 Å². The maximum atomic E-state index is 11.1. The predicted molar refractivity (Wildman–Crippen MR) is 65.5 cm³/mol. The molecule has 0 saturated carbocycles. The molecule has 0 bridgehead atoms. The highest BCUT2D eigenvalue weighted by atomic mass is 16.7. The molecule has 18 heavy (non-hydrogen) atoms. The van der Waals surface area contributed by atoms with E-state index in [-0.39, 0.29) is 19.2 Å². The second-order valence-corrected chi connectivity index (χ2v) is 3.56. The number of benzene rings is 1. The van der Waals surface area contributed by atoms with Crippen LogP contribution in [0.15, 0.2) is 24.3 Å². The molecule has 0 atom stereocenters. The molecule has 0 saturated heterocycles. The average molecular weight is 254 g/mol. The lowest BCUT2D eigenvalue weighted by molar-refractivity contribution is -0.139. The van der Waals surface area contributed by atoms with E-state index in [0.29, 0.717) is 19.0 Å². The third-order valence-corrected chi connectivity index (χ3v) is 2.24. The Balaban J connectivity index is 2.29. The van der Waals surface area contributed by atoms with Crippen LogP contribution >= 0.6 is 0 Å². The zero-order chi connectivity index (χ0) is 13.2. The summed E-state index contributed by atoms with van der Waals surface area (Å²) in [4.78, 5) is 11.1. The zero-order valence-corrected chi connectivity index (χ0v) is 10.7. The van der Waals surface area contributed by atoms with E-state index in [2.05, 4.69) is 4.74 Å². The number of esters is 1. The van der Waals surface area contributed by atoms with Gasteiger partial charge in [-0.25, -0.2) is 0 Å². The summed E-state index contributed by atoms with van der Waals surface area (Å²) in [5.74, 6) is 0.438. The predicted octanol–water partition coefficient (Wildman–Crippen LogP) is 1.40. The molecule has 0 heterocycles. The van der Waals surface area contributed by atoms with Gasteiger partial charge in [0.05, 0.1) is 26.7 Å². The summed E-state index contributed by atoms with van der Waals surface area (Å²) in [6.45, 7) is 1.22. The fourth-order valence-corrected chi connectivity index (χ4v) is 1.25. The number of rotatable bonds is 8. The van der Waals surface area contributed by atoms with Gasteiger partial charge in [-0.3, -0.25) is 4.79 Å². The molecule has 0 N–H and O–H groups in total. The molecule has 0 spiro atoms. The van der Waals surface area contributed by atoms with Crippen LogP contribution in [0.2, 0.25) is 0 Å². The van der Waals surface area contributed by atoms with Gasteiger partial charge >= 0.3 is 5.97 Å². The van der Waals surface area contributed by atoms with E-state index in [1.807, 2.05) is 12.1 Å². The van der Waals surface area contributed by atoms with E-state index in [4.69, 9.17) is 14.2 Å². The second kappa shape index (κ2) is 8.49. The van der Waals surface area contributed by atoms with Gasteiger partial charge in [0.15, 0.2) is 6.79 Å². The molecule has 0 fully saturated rings. The van der Waals surface area contributed by atoms with E-state index < -0.39 is 0 Å². The Morgan fingerprint density at radius 1 is 1.11 bits per heavy atom. The average Bonchev–Trinajstić information content (AvgIpc) is 2.40. The van der Waals surface area contributed by atoms with Gasteiger partial charge in [0.25, 0.3) is 0 Å². The molecular weight excluding hydrogens is 236 g/mol. The number of ether oxygens (including phenoxy) is 4. The van der Waals surface area contributed by atoms with E-state index in [1.54, 1.807) is 19.2 Å². The van der Waals surface area contributed by atoms with Crippen molar-refractivity contribution in [2.45, 2.75) is 6.42 Å². The molecule has 5 heteroatoms. The Morgan fingerprint density at radius 3 is 2.44 bits per heavy atom. The first-order chi connectivity index (χ1) is 8.76. The minimum Gasteiger partial charge on any atom is -0.469 e. The van der Waals surface area contributed by atoms with Crippen molar-refractivity contribution in [3.8, 4) is 5.75 Å². The van der Waals surface area contributed by atoms with Crippen molar-refractivity contribution in [2.75, 3.05) is 34.2 Å². The molecule has 1 aromatic rings. The van der Waals surface area contributed by atoms with Gasteiger partial charge in [-0.1, -0.05) is 12.1 Å². The minimum atomic E-state index is -0.258. The summed E-state index contributed by atoms with van der Waals surface area (Å²) in [5, 5.41) is 0. The molecule has 0 unspecified atom stereocenters. The zero-order valence-electron chi connectivity index (χ0n) is 10.7. The Morgan fingerprint density at radius 2 is 1.83 bits per heavy atom. The van der Waals surface area contributed by atoms with Crippen molar-refractivity contribution < 1.29 is 23.7 Å². The Bertz CT molecular complexity index is 347. The fraction of sp³-hybridized carbons (Fsp3) is 0.462. The maximum absolute atomic E-state index is 11.1. The van der Waals surface area contributed by atoms with Gasteiger partial charge < -0.3 is 18.9 Å². The number of methoxy groups -OCH3 is 2. The van der Waals surface area contributed by atoms with Crippen LogP contribution in [0.5, 0.6) is 5.75 Å². The van der Waals surface area contributed by atoms with Crippen molar-refractivity contribution in [1.82, 2.24) is 0 Å². The molecule has 0 aliphatic rings. The first kappa shape index (κ1) is 14.5. The summed E-state index contributed by atoms with van der Waals surface area (Å²) in [7, 11) is 2.99. The van der Waals surface area contributed by atoms with Gasteiger partial charge in [0, 0.05) is 7.11 Å². The first-order valence-electron chi connectivity index (χ1n) is 5.61. The monoisotopic (exact) mass is 254 g/mol. The minimum absolute atomic E-state index is 0.180. The van der Waals surface area contributed by atoms with Crippen molar-refractivity contribution in [3.05, 3.63) is 29.8 Å². The largest absolute Gasteiger partial charge is 0.469 e. The molecule has 100 valence electrons. The van der Waals surface area contributed by atoms with Crippen molar-refractivity contribution >= 4 is 5.97 Å². The van der Waals surface area contributed by atoms with Gasteiger partial charge in [0.1, 0.15) is 5.75 Å². The fourth-order valence-electron chi connectivity index (χ4n) is 1.25. The lowest BCUT2D eigenvalue weighted by Crippen LogP contribution is -2.08. The smallest absolute Gasteiger partial charge is 0.309 e. The summed E-state index contributed by atoms with van der Waals surface area (Å²) in [5.41, 5.74) is 0.884. The van der Waals surface area contributed by atoms with Crippen LogP contribution in [0.1, 0.15) is 5.56 Å². The highest BCUT2D eigenvalue weighted by molar-refractivity contribution is 5.72. The van der Waals surface area contributed by atoms with Crippen molar-refractivity contribution in [2.24, 2.45) is 0 Å². The molecule has 0 amide bonds. The molecule has 0 radical (unpaired) electrons. The third kappa shape index (κ3) is 5.65. The molecular formula is C13H18O5. The molecule has 5 nitrogen and oxygen atoms in total. The lowest BCUT2D eigenvalue weighted by Gasteiger charge is -2.07. The Labute approximate surface area is 107 Å². The second-order valence-electron chi connectivity index (χ2n) is 3.56. The van der Waals surface area contributed by atoms with Gasteiger partial charge in [0.2, 0.25) is 0 Å². The molecule has 0 aliphatic carbocycles. The van der Waals surface area contributed by atoms with E-state index in [1.165, 1.54) is 7.11 Å². The van der Waals surface area contributed by atoms with E-state index >= 15 is 0 Å². The third-order valence-electron chi connectivity index (χ3n) is 2.24. The first-order valence-corrected chi connectivity index (χ1v) is 5.61. The summed E-state index contributed by atoms with van der Waals surface area (Å²) < 4.78 is 19.9. The highest BCUT2D eigenvalue weighted by Gasteiger charge is 2.02. The number of carbonyl (C=O) groups excluding carboxylic acids is 1. The Kier molecular flexibility index (Phi) is 6.83. The summed E-state index contributed by atoms with van der Waals surface area (Å²) in [6.07, 6.45) is 0.265. The number of carbonyl (C=O) groups is 1. The standard InChI is InChI=1S/C13H18O5/c1-15-7-8-17-10-18-12-5-3-11(4-6-12)9-13(14)16-2/h3-6H,7-10H2,1-2H3. The number of hydrogen-bond acceptors (Lipinski definition) is 5. The van der Waals surface area contributed by atoms with Gasteiger partial charge in [-0.2, -0.15) is 0 Å². The van der Waals surface area contributed by atoms with Crippen molar-refractivity contribution in [1.29, 1.82) is 0 Å². The molecule has 1 rings (SSSR count). The SMILES string of the molecule is COCCOCOc1ccc(CC(=O)OC)cc1. The van der Waals surface area contributed by atoms with Crippen LogP contribution in [-0.2, 0) is 25.4 Å². The highest BCUT2D eigenvalue weighted by Crippen LogP contribution is 2.12. The lowest BCUT2D eigenvalue weighted by atomic mass is 10.1. The normalized spacial score (nSPS) is 10.1. The van der Waals surface area contributed by atoms with Gasteiger partial charge in [-0.15, -0.1) is 0 Å². The van der Waals surface area contributed by atoms with Crippen LogP contribution in [0.25, 0.3) is 0 Å². The maximum Gasteiger partial charge on any atom is 0.309 e. The Hall–Kier alpha value is -1.59.